The quantitative estimate of drug-likeness (QED) is 0.626. The molecule has 1 saturated heterocycles. The molecule has 0 aliphatic carbocycles. The lowest BCUT2D eigenvalue weighted by Crippen LogP contribution is -2.46. The third-order valence-electron chi connectivity index (χ3n) is 5.42. The summed E-state index contributed by atoms with van der Waals surface area (Å²) in [5, 5.41) is 0.711. The number of ether oxygens (including phenoxy) is 1. The van der Waals surface area contributed by atoms with Crippen LogP contribution in [0.2, 0.25) is 0 Å². The molecule has 0 aromatic carbocycles. The molecule has 0 saturated carbocycles. The molecule has 1 fully saturated rings. The van der Waals surface area contributed by atoms with Crippen molar-refractivity contribution in [3.05, 3.63) is 50.5 Å². The van der Waals surface area contributed by atoms with E-state index in [0.717, 1.165) is 47.3 Å². The first-order chi connectivity index (χ1) is 14.5. The summed E-state index contributed by atoms with van der Waals surface area (Å²) >= 11 is 1.57. The van der Waals surface area contributed by atoms with Crippen LogP contribution in [-0.4, -0.2) is 58.6 Å². The maximum atomic E-state index is 12.5. The molecule has 3 aromatic heterocycles. The van der Waals surface area contributed by atoms with Crippen LogP contribution in [0.4, 0.5) is 5.82 Å². The number of aromatic nitrogens is 3. The van der Waals surface area contributed by atoms with Gasteiger partial charge < -0.3 is 14.6 Å². The predicted octanol–water partition coefficient (Wildman–Crippen LogP) is 2.50. The van der Waals surface area contributed by atoms with E-state index in [9.17, 15) is 9.59 Å². The number of piperazine rings is 1. The molecule has 3 aromatic rings. The summed E-state index contributed by atoms with van der Waals surface area (Å²) in [7, 11) is 0. The molecule has 158 valence electrons. The van der Waals surface area contributed by atoms with Gasteiger partial charge in [-0.2, -0.15) is 0 Å². The van der Waals surface area contributed by atoms with Gasteiger partial charge in [0, 0.05) is 37.3 Å². The maximum Gasteiger partial charge on any atom is 0.339 e. The minimum absolute atomic E-state index is 0.0543. The predicted molar refractivity (Wildman–Crippen MR) is 117 cm³/mol. The van der Waals surface area contributed by atoms with Gasteiger partial charge in [-0.15, -0.1) is 11.3 Å². The number of esters is 1. The fraction of sp³-hybridized carbons (Fsp3) is 0.429. The van der Waals surface area contributed by atoms with E-state index in [1.54, 1.807) is 30.5 Å². The Kier molecular flexibility index (Phi) is 5.83. The van der Waals surface area contributed by atoms with Crippen LogP contribution in [0.3, 0.4) is 0 Å². The Morgan fingerprint density at radius 3 is 2.67 bits per heavy atom. The number of nitrogens with zero attached hydrogens (tertiary/aromatic N) is 4. The SMILES string of the molecule is CCOC(=O)c1ccc(N2CCN(Cc3nc4sc(C)c(C)c4c(=O)[nH]3)CC2)nc1. The van der Waals surface area contributed by atoms with Gasteiger partial charge >= 0.3 is 5.97 Å². The van der Waals surface area contributed by atoms with Crippen molar-refractivity contribution in [3.63, 3.8) is 0 Å². The topological polar surface area (TPSA) is 91.4 Å². The molecule has 30 heavy (non-hydrogen) atoms. The monoisotopic (exact) mass is 427 g/mol. The molecule has 4 heterocycles. The Balaban J connectivity index is 1.38. The van der Waals surface area contributed by atoms with Crippen LogP contribution >= 0.6 is 11.3 Å². The van der Waals surface area contributed by atoms with Crippen LogP contribution in [0.1, 0.15) is 33.5 Å². The molecule has 0 spiro atoms. The molecular weight excluding hydrogens is 402 g/mol. The number of carbonyl (C=O) groups excluding carboxylic acids is 1. The molecule has 0 unspecified atom stereocenters. The van der Waals surface area contributed by atoms with Crippen LogP contribution in [0, 0.1) is 13.8 Å². The van der Waals surface area contributed by atoms with Crippen molar-refractivity contribution >= 4 is 33.3 Å². The average molecular weight is 428 g/mol. The van der Waals surface area contributed by atoms with Gasteiger partial charge in [0.05, 0.1) is 24.1 Å². The molecular formula is C21H25N5O3S. The lowest BCUT2D eigenvalue weighted by atomic mass is 10.2. The van der Waals surface area contributed by atoms with E-state index in [1.807, 2.05) is 19.9 Å². The number of carbonyl (C=O) groups is 1. The number of pyridine rings is 1. The van der Waals surface area contributed by atoms with E-state index in [4.69, 9.17) is 4.74 Å². The molecule has 0 bridgehead atoms. The van der Waals surface area contributed by atoms with Crippen molar-refractivity contribution in [1.82, 2.24) is 19.9 Å². The fourth-order valence-electron chi connectivity index (χ4n) is 3.63. The van der Waals surface area contributed by atoms with Crippen LogP contribution in [0.15, 0.2) is 23.1 Å². The van der Waals surface area contributed by atoms with Gasteiger partial charge in [0.25, 0.3) is 5.56 Å². The zero-order chi connectivity index (χ0) is 21.3. The zero-order valence-electron chi connectivity index (χ0n) is 17.4. The van der Waals surface area contributed by atoms with Crippen molar-refractivity contribution in [1.29, 1.82) is 0 Å². The van der Waals surface area contributed by atoms with Crippen molar-refractivity contribution in [2.75, 3.05) is 37.7 Å². The smallest absolute Gasteiger partial charge is 0.339 e. The van der Waals surface area contributed by atoms with Gasteiger partial charge in [-0.25, -0.2) is 14.8 Å². The van der Waals surface area contributed by atoms with E-state index < -0.39 is 0 Å². The van der Waals surface area contributed by atoms with Gasteiger partial charge in [0.2, 0.25) is 0 Å². The third kappa shape index (κ3) is 4.08. The largest absolute Gasteiger partial charge is 0.462 e. The summed E-state index contributed by atoms with van der Waals surface area (Å²) < 4.78 is 5.00. The van der Waals surface area contributed by atoms with Crippen molar-refractivity contribution in [2.45, 2.75) is 27.3 Å². The van der Waals surface area contributed by atoms with Gasteiger partial charge in [-0.05, 0) is 38.5 Å². The number of fused-ring (bicyclic) bond motifs is 1. The van der Waals surface area contributed by atoms with Gasteiger partial charge in [-0.1, -0.05) is 0 Å². The summed E-state index contributed by atoms with van der Waals surface area (Å²) in [4.78, 5) is 42.7. The van der Waals surface area contributed by atoms with Gasteiger partial charge in [-0.3, -0.25) is 9.69 Å². The average Bonchev–Trinajstić information content (AvgIpc) is 3.03. The highest BCUT2D eigenvalue weighted by atomic mass is 32.1. The summed E-state index contributed by atoms with van der Waals surface area (Å²) in [6.45, 7) is 10.0. The highest BCUT2D eigenvalue weighted by Crippen LogP contribution is 2.26. The Morgan fingerprint density at radius 2 is 2.00 bits per heavy atom. The Labute approximate surface area is 178 Å². The van der Waals surface area contributed by atoms with Crippen molar-refractivity contribution < 1.29 is 9.53 Å². The first-order valence-corrected chi connectivity index (χ1v) is 10.9. The van der Waals surface area contributed by atoms with Crippen molar-refractivity contribution in [3.8, 4) is 0 Å². The van der Waals surface area contributed by atoms with E-state index >= 15 is 0 Å². The van der Waals surface area contributed by atoms with Crippen LogP contribution in [0.5, 0.6) is 0 Å². The highest BCUT2D eigenvalue weighted by Gasteiger charge is 2.20. The van der Waals surface area contributed by atoms with Crippen LogP contribution < -0.4 is 10.5 Å². The van der Waals surface area contributed by atoms with E-state index in [2.05, 4.69) is 24.8 Å². The van der Waals surface area contributed by atoms with Gasteiger partial charge in [0.15, 0.2) is 0 Å². The highest BCUT2D eigenvalue weighted by molar-refractivity contribution is 7.18. The Bertz CT molecular complexity index is 1110. The first-order valence-electron chi connectivity index (χ1n) is 10.1. The Hall–Kier alpha value is -2.78. The second kappa shape index (κ2) is 8.53. The van der Waals surface area contributed by atoms with E-state index in [1.165, 1.54) is 0 Å². The minimum atomic E-state index is -0.351. The molecule has 0 amide bonds. The Morgan fingerprint density at radius 1 is 1.23 bits per heavy atom. The number of anilines is 1. The summed E-state index contributed by atoms with van der Waals surface area (Å²) in [6, 6.07) is 3.61. The number of aromatic amines is 1. The maximum absolute atomic E-state index is 12.5. The normalized spacial score (nSPS) is 15.0. The molecule has 4 rings (SSSR count). The summed E-state index contributed by atoms with van der Waals surface area (Å²) in [5.74, 6) is 1.20. The van der Waals surface area contributed by atoms with Crippen molar-refractivity contribution in [2.24, 2.45) is 0 Å². The third-order valence-corrected chi connectivity index (χ3v) is 6.52. The number of hydrogen-bond donors (Lipinski definition) is 1. The second-order valence-electron chi connectivity index (χ2n) is 7.36. The van der Waals surface area contributed by atoms with Crippen LogP contribution in [0.25, 0.3) is 10.2 Å². The second-order valence-corrected chi connectivity index (χ2v) is 8.57. The summed E-state index contributed by atoms with van der Waals surface area (Å²) in [5.41, 5.74) is 1.43. The number of rotatable bonds is 5. The summed E-state index contributed by atoms with van der Waals surface area (Å²) in [6.07, 6.45) is 1.56. The lowest BCUT2D eigenvalue weighted by molar-refractivity contribution is 0.0526. The number of thiophene rings is 1. The minimum Gasteiger partial charge on any atom is -0.462 e. The number of nitrogens with one attached hydrogen (secondary N) is 1. The molecule has 1 aliphatic rings. The van der Waals surface area contributed by atoms with E-state index in [-0.39, 0.29) is 11.5 Å². The molecule has 0 radical (unpaired) electrons. The standard InChI is InChI=1S/C21H25N5O3S/c1-4-29-21(28)15-5-6-17(22-11-15)26-9-7-25(8-10-26)12-16-23-19(27)18-13(2)14(3)30-20(18)24-16/h5-6,11H,4,7-10,12H2,1-3H3,(H,23,24,27). The number of aryl methyl sites for hydroxylation is 2. The lowest BCUT2D eigenvalue weighted by Gasteiger charge is -2.35. The molecule has 0 atom stereocenters. The zero-order valence-corrected chi connectivity index (χ0v) is 18.2. The molecule has 1 N–H and O–H groups in total. The van der Waals surface area contributed by atoms with Crippen LogP contribution in [-0.2, 0) is 11.3 Å². The fourth-order valence-corrected chi connectivity index (χ4v) is 4.68. The molecule has 9 heteroatoms. The molecule has 1 aliphatic heterocycles. The molecule has 8 nitrogen and oxygen atoms in total. The van der Waals surface area contributed by atoms with E-state index in [0.29, 0.717) is 29.9 Å². The first kappa shape index (κ1) is 20.5. The number of hydrogen-bond acceptors (Lipinski definition) is 8. The number of H-pyrrole nitrogens is 1. The van der Waals surface area contributed by atoms with Gasteiger partial charge in [0.1, 0.15) is 16.5 Å².